The van der Waals surface area contributed by atoms with Crippen molar-refractivity contribution < 1.29 is 5.11 Å². The molecule has 0 fully saturated rings. The highest BCUT2D eigenvalue weighted by molar-refractivity contribution is 5.49. The fourth-order valence-corrected chi connectivity index (χ4v) is 5.21. The summed E-state index contributed by atoms with van der Waals surface area (Å²) >= 11 is 0. The largest absolute Gasteiger partial charge is 0.507 e. The molecule has 1 N–H and O–H groups in total. The molecule has 0 spiro atoms. The van der Waals surface area contributed by atoms with Crippen LogP contribution in [-0.2, 0) is 17.3 Å². The van der Waals surface area contributed by atoms with Crippen LogP contribution in [0.3, 0.4) is 0 Å². The number of aromatic hydroxyl groups is 1. The lowest BCUT2D eigenvalue weighted by atomic mass is 9.77. The molecule has 0 aliphatic carbocycles. The van der Waals surface area contributed by atoms with Crippen LogP contribution >= 0.6 is 0 Å². The summed E-state index contributed by atoms with van der Waals surface area (Å²) < 4.78 is 0. The zero-order chi connectivity index (χ0) is 25.6. The Morgan fingerprint density at radius 1 is 0.588 bits per heavy atom. The predicted molar refractivity (Wildman–Crippen MR) is 153 cm³/mol. The van der Waals surface area contributed by atoms with Crippen LogP contribution < -0.4 is 0 Å². The number of hydrogen-bond donors (Lipinski definition) is 1. The van der Waals surface area contributed by atoms with Crippen LogP contribution in [0.5, 0.6) is 5.75 Å². The molecule has 34 heavy (non-hydrogen) atoms. The third kappa shape index (κ3) is 12.1. The van der Waals surface area contributed by atoms with Gasteiger partial charge in [0.1, 0.15) is 5.75 Å². The van der Waals surface area contributed by atoms with Crippen molar-refractivity contribution in [2.24, 2.45) is 5.92 Å². The molecule has 0 radical (unpaired) electrons. The highest BCUT2D eigenvalue weighted by Crippen LogP contribution is 2.40. The average Bonchev–Trinajstić information content (AvgIpc) is 2.75. The summed E-state index contributed by atoms with van der Waals surface area (Å²) in [5.74, 6) is 1.36. The maximum Gasteiger partial charge on any atom is 0.123 e. The summed E-state index contributed by atoms with van der Waals surface area (Å²) in [5.41, 5.74) is 3.55. The Labute approximate surface area is 214 Å². The Morgan fingerprint density at radius 3 is 1.35 bits per heavy atom. The Balaban J connectivity index is 2.82. The molecule has 198 valence electrons. The van der Waals surface area contributed by atoms with E-state index in [0.29, 0.717) is 5.75 Å². The number of benzene rings is 1. The number of rotatable bonds is 17. The molecule has 0 bridgehead atoms. The summed E-state index contributed by atoms with van der Waals surface area (Å²) in [4.78, 5) is 0. The lowest BCUT2D eigenvalue weighted by molar-refractivity contribution is 0.380. The van der Waals surface area contributed by atoms with Gasteiger partial charge in [-0.15, -0.1) is 0 Å². The van der Waals surface area contributed by atoms with Crippen molar-refractivity contribution in [2.75, 3.05) is 0 Å². The van der Waals surface area contributed by atoms with E-state index in [1.54, 1.807) is 0 Å². The van der Waals surface area contributed by atoms with Gasteiger partial charge in [-0.2, -0.15) is 0 Å². The van der Waals surface area contributed by atoms with Crippen LogP contribution in [0.1, 0.15) is 168 Å². The van der Waals surface area contributed by atoms with E-state index in [2.05, 4.69) is 67.5 Å². The standard InChI is InChI=1S/C33H60O/c1-9-11-13-15-17-19-21-27(22-20-18-16-14-12-10-2)23-24-28-25-29(32(3,4)5)31(34)30(26-28)33(6,7)8/h25-27,34H,9-24H2,1-8H3. The van der Waals surface area contributed by atoms with Crippen LogP contribution in [0.2, 0.25) is 0 Å². The maximum atomic E-state index is 11.1. The topological polar surface area (TPSA) is 20.2 Å². The molecule has 1 nitrogen and oxygen atoms in total. The van der Waals surface area contributed by atoms with Crippen molar-refractivity contribution in [1.29, 1.82) is 0 Å². The molecule has 1 aromatic carbocycles. The van der Waals surface area contributed by atoms with Crippen LogP contribution in [0.4, 0.5) is 0 Å². The van der Waals surface area contributed by atoms with Crippen molar-refractivity contribution in [2.45, 2.75) is 169 Å². The Bertz CT molecular complexity index is 607. The van der Waals surface area contributed by atoms with Crippen LogP contribution in [0, 0.1) is 5.92 Å². The van der Waals surface area contributed by atoms with Gasteiger partial charge in [0.15, 0.2) is 0 Å². The fraction of sp³-hybridized carbons (Fsp3) is 0.818. The molecular formula is C33H60O. The van der Waals surface area contributed by atoms with Crippen LogP contribution in [0.25, 0.3) is 0 Å². The zero-order valence-electron chi connectivity index (χ0n) is 24.5. The van der Waals surface area contributed by atoms with Gasteiger partial charge in [-0.25, -0.2) is 0 Å². The molecule has 0 amide bonds. The number of unbranched alkanes of at least 4 members (excludes halogenated alkanes) is 10. The highest BCUT2D eigenvalue weighted by Gasteiger charge is 2.26. The van der Waals surface area contributed by atoms with Crippen molar-refractivity contribution in [3.63, 3.8) is 0 Å². The Morgan fingerprint density at radius 2 is 0.971 bits per heavy atom. The summed E-state index contributed by atoms with van der Waals surface area (Å²) in [5, 5.41) is 11.1. The minimum Gasteiger partial charge on any atom is -0.507 e. The van der Waals surface area contributed by atoms with Crippen molar-refractivity contribution >= 4 is 0 Å². The molecule has 0 saturated carbocycles. The molecular weight excluding hydrogens is 412 g/mol. The monoisotopic (exact) mass is 472 g/mol. The first kappa shape index (κ1) is 31.1. The van der Waals surface area contributed by atoms with Crippen molar-refractivity contribution in [1.82, 2.24) is 0 Å². The Kier molecular flexibility index (Phi) is 14.5. The summed E-state index contributed by atoms with van der Waals surface area (Å²) in [6.07, 6.45) is 22.0. The van der Waals surface area contributed by atoms with E-state index >= 15 is 0 Å². The van der Waals surface area contributed by atoms with Crippen LogP contribution in [0.15, 0.2) is 12.1 Å². The number of aryl methyl sites for hydroxylation is 1. The van der Waals surface area contributed by atoms with E-state index in [9.17, 15) is 5.11 Å². The second kappa shape index (κ2) is 15.9. The molecule has 1 rings (SSSR count). The third-order valence-electron chi connectivity index (χ3n) is 7.56. The van der Waals surface area contributed by atoms with E-state index in [1.807, 2.05) is 0 Å². The molecule has 0 heterocycles. The molecule has 0 aromatic heterocycles. The van der Waals surface area contributed by atoms with E-state index in [-0.39, 0.29) is 10.8 Å². The quantitative estimate of drug-likeness (QED) is 0.223. The Hall–Kier alpha value is -0.980. The van der Waals surface area contributed by atoms with Gasteiger partial charge in [0.05, 0.1) is 0 Å². The zero-order valence-corrected chi connectivity index (χ0v) is 24.5. The fourth-order valence-electron chi connectivity index (χ4n) is 5.21. The average molecular weight is 473 g/mol. The first-order valence-corrected chi connectivity index (χ1v) is 14.9. The van der Waals surface area contributed by atoms with Gasteiger partial charge < -0.3 is 5.11 Å². The van der Waals surface area contributed by atoms with Gasteiger partial charge in [0, 0.05) is 0 Å². The summed E-state index contributed by atoms with van der Waals surface area (Å²) in [6.45, 7) is 17.9. The van der Waals surface area contributed by atoms with Crippen LogP contribution in [-0.4, -0.2) is 5.11 Å². The van der Waals surface area contributed by atoms with E-state index < -0.39 is 0 Å². The van der Waals surface area contributed by atoms with Gasteiger partial charge in [0.25, 0.3) is 0 Å². The minimum atomic E-state index is -0.0452. The summed E-state index contributed by atoms with van der Waals surface area (Å²) in [7, 11) is 0. The van der Waals surface area contributed by atoms with E-state index in [0.717, 1.165) is 23.5 Å². The van der Waals surface area contributed by atoms with E-state index in [1.165, 1.54) is 102 Å². The normalized spacial score (nSPS) is 12.6. The number of phenolic OH excluding ortho intramolecular Hbond substituents is 1. The van der Waals surface area contributed by atoms with Gasteiger partial charge >= 0.3 is 0 Å². The minimum absolute atomic E-state index is 0.0452. The van der Waals surface area contributed by atoms with Gasteiger partial charge in [-0.3, -0.25) is 0 Å². The number of hydrogen-bond acceptors (Lipinski definition) is 1. The molecule has 0 saturated heterocycles. The molecule has 0 aliphatic rings. The SMILES string of the molecule is CCCCCCCCC(CCCCCCCC)CCc1cc(C(C)(C)C)c(O)c(C(C)(C)C)c1. The van der Waals surface area contributed by atoms with Crippen molar-refractivity contribution in [3.05, 3.63) is 28.8 Å². The predicted octanol–water partition coefficient (Wildman–Crippen LogP) is 11.0. The second-order valence-corrected chi connectivity index (χ2v) is 13.1. The second-order valence-electron chi connectivity index (χ2n) is 13.1. The van der Waals surface area contributed by atoms with Crippen molar-refractivity contribution in [3.8, 4) is 5.75 Å². The van der Waals surface area contributed by atoms with Gasteiger partial charge in [-0.1, -0.05) is 157 Å². The molecule has 1 aromatic rings. The first-order chi connectivity index (χ1) is 16.0. The molecule has 0 unspecified atom stereocenters. The van der Waals surface area contributed by atoms with Gasteiger partial charge in [0.2, 0.25) is 0 Å². The molecule has 0 aliphatic heterocycles. The van der Waals surface area contributed by atoms with E-state index in [4.69, 9.17) is 0 Å². The molecule has 1 heteroatoms. The lowest BCUT2D eigenvalue weighted by Crippen LogP contribution is -2.18. The maximum absolute atomic E-state index is 11.1. The first-order valence-electron chi connectivity index (χ1n) is 14.9. The lowest BCUT2D eigenvalue weighted by Gasteiger charge is -2.28. The summed E-state index contributed by atoms with van der Waals surface area (Å²) in [6, 6.07) is 4.61. The third-order valence-corrected chi connectivity index (χ3v) is 7.56. The number of phenols is 1. The van der Waals surface area contributed by atoms with Gasteiger partial charge in [-0.05, 0) is 46.3 Å². The molecule has 0 atom stereocenters. The smallest absolute Gasteiger partial charge is 0.123 e. The highest BCUT2D eigenvalue weighted by atomic mass is 16.3.